The van der Waals surface area contributed by atoms with Gasteiger partial charge in [-0.25, -0.2) is 0 Å². The molecule has 0 rings (SSSR count). The third-order valence-electron chi connectivity index (χ3n) is 5.26. The Balaban J connectivity index is 5.04. The summed E-state index contributed by atoms with van der Waals surface area (Å²) in [6.45, 7) is 18.9. The highest BCUT2D eigenvalue weighted by molar-refractivity contribution is 4.94. The minimum atomic E-state index is 0.740. The van der Waals surface area contributed by atoms with E-state index in [0.717, 1.165) is 35.5 Å². The van der Waals surface area contributed by atoms with Gasteiger partial charge in [-0.15, -0.1) is 0 Å². The van der Waals surface area contributed by atoms with Crippen LogP contribution in [0.1, 0.15) is 68.2 Å². The Bertz CT molecular complexity index is 226. The van der Waals surface area contributed by atoms with Crippen LogP contribution in [0, 0.1) is 35.5 Å². The van der Waals surface area contributed by atoms with E-state index in [0.29, 0.717) is 0 Å². The summed E-state index contributed by atoms with van der Waals surface area (Å²) >= 11 is 0. The lowest BCUT2D eigenvalue weighted by atomic mass is 9.68. The van der Waals surface area contributed by atoms with Gasteiger partial charge in [-0.05, 0) is 42.4 Å². The van der Waals surface area contributed by atoms with Gasteiger partial charge in [-0.3, -0.25) is 0 Å². The van der Waals surface area contributed by atoms with Crippen molar-refractivity contribution in [2.75, 3.05) is 0 Å². The van der Waals surface area contributed by atoms with Crippen molar-refractivity contribution in [2.45, 2.75) is 68.2 Å². The molecule has 0 fully saturated rings. The summed E-state index contributed by atoms with van der Waals surface area (Å²) in [5.41, 5.74) is 0. The van der Waals surface area contributed by atoms with Crippen LogP contribution in [-0.2, 0) is 0 Å². The summed E-state index contributed by atoms with van der Waals surface area (Å²) in [6, 6.07) is 0. The number of hydrogen-bond acceptors (Lipinski definition) is 0. The van der Waals surface area contributed by atoms with Gasteiger partial charge in [0.15, 0.2) is 0 Å². The van der Waals surface area contributed by atoms with Crippen molar-refractivity contribution in [3.8, 4) is 0 Å². The first-order valence-corrected chi connectivity index (χ1v) is 8.03. The van der Waals surface area contributed by atoms with E-state index in [-0.39, 0.29) is 0 Å². The van der Waals surface area contributed by atoms with Crippen LogP contribution in [-0.4, -0.2) is 0 Å². The summed E-state index contributed by atoms with van der Waals surface area (Å²) in [5.74, 6) is 4.77. The summed E-state index contributed by atoms with van der Waals surface area (Å²) in [5, 5.41) is 0. The van der Waals surface area contributed by atoms with Gasteiger partial charge in [-0.2, -0.15) is 0 Å². The Morgan fingerprint density at radius 2 is 1.39 bits per heavy atom. The normalized spacial score (nSPS) is 20.9. The second-order valence-corrected chi connectivity index (χ2v) is 6.52. The largest absolute Gasteiger partial charge is 0.0914 e. The first kappa shape index (κ1) is 17.7. The highest BCUT2D eigenvalue weighted by Gasteiger charge is 2.30. The molecule has 0 amide bonds. The SMILES string of the molecule is CC=CC(C(C)C(C)C)C(CC)C(C)C(C)CC. The zero-order chi connectivity index (χ0) is 14.3. The lowest BCUT2D eigenvalue weighted by Gasteiger charge is -2.37. The van der Waals surface area contributed by atoms with Crippen molar-refractivity contribution in [3.63, 3.8) is 0 Å². The van der Waals surface area contributed by atoms with Gasteiger partial charge in [-0.1, -0.05) is 73.5 Å². The molecule has 0 radical (unpaired) electrons. The van der Waals surface area contributed by atoms with E-state index < -0.39 is 0 Å². The molecule has 0 bridgehead atoms. The van der Waals surface area contributed by atoms with Crippen LogP contribution in [0.4, 0.5) is 0 Å². The summed E-state index contributed by atoms with van der Waals surface area (Å²) in [7, 11) is 0. The molecule has 0 nitrogen and oxygen atoms in total. The quantitative estimate of drug-likeness (QED) is 0.452. The first-order valence-electron chi connectivity index (χ1n) is 8.03. The van der Waals surface area contributed by atoms with E-state index in [4.69, 9.17) is 0 Å². The maximum Gasteiger partial charge on any atom is -0.0175 e. The molecular formula is C18H36. The van der Waals surface area contributed by atoms with Gasteiger partial charge >= 0.3 is 0 Å². The fraction of sp³-hybridized carbons (Fsp3) is 0.889. The van der Waals surface area contributed by atoms with Crippen LogP contribution in [0.25, 0.3) is 0 Å². The van der Waals surface area contributed by atoms with Crippen LogP contribution >= 0.6 is 0 Å². The molecule has 0 N–H and O–H groups in total. The molecule has 0 aromatic rings. The molecule has 108 valence electrons. The van der Waals surface area contributed by atoms with Crippen LogP contribution in [0.2, 0.25) is 0 Å². The highest BCUT2D eigenvalue weighted by atomic mass is 14.4. The fourth-order valence-corrected chi connectivity index (χ4v) is 3.16. The maximum absolute atomic E-state index is 2.47. The van der Waals surface area contributed by atoms with Gasteiger partial charge < -0.3 is 0 Å². The van der Waals surface area contributed by atoms with E-state index in [1.54, 1.807) is 0 Å². The standard InChI is InChI=1S/C18H36/c1-9-12-18(15(7)13(4)5)17(11-3)16(8)14(6)10-2/h9,12-18H,10-11H2,1-8H3. The third-order valence-corrected chi connectivity index (χ3v) is 5.26. The molecular weight excluding hydrogens is 216 g/mol. The van der Waals surface area contributed by atoms with Crippen LogP contribution in [0.5, 0.6) is 0 Å². The molecule has 0 heterocycles. The van der Waals surface area contributed by atoms with Gasteiger partial charge in [0.25, 0.3) is 0 Å². The molecule has 0 aliphatic carbocycles. The van der Waals surface area contributed by atoms with E-state index in [1.165, 1.54) is 12.8 Å². The predicted molar refractivity (Wildman–Crippen MR) is 84.7 cm³/mol. The molecule has 0 aromatic heterocycles. The Morgan fingerprint density at radius 1 is 0.833 bits per heavy atom. The maximum atomic E-state index is 2.47. The smallest absolute Gasteiger partial charge is 0.0175 e. The predicted octanol–water partition coefficient (Wildman–Crippen LogP) is 6.18. The lowest BCUT2D eigenvalue weighted by Crippen LogP contribution is -2.30. The Morgan fingerprint density at radius 3 is 1.72 bits per heavy atom. The molecule has 5 unspecified atom stereocenters. The topological polar surface area (TPSA) is 0 Å². The van der Waals surface area contributed by atoms with E-state index in [2.05, 4.69) is 67.5 Å². The van der Waals surface area contributed by atoms with Crippen molar-refractivity contribution in [3.05, 3.63) is 12.2 Å². The molecule has 0 aliphatic rings. The first-order chi connectivity index (χ1) is 8.40. The molecule has 0 aromatic carbocycles. The molecule has 0 aliphatic heterocycles. The Labute approximate surface area is 116 Å². The zero-order valence-electron chi connectivity index (χ0n) is 14.0. The average Bonchev–Trinajstić information content (AvgIpc) is 2.36. The van der Waals surface area contributed by atoms with Crippen molar-refractivity contribution in [2.24, 2.45) is 35.5 Å². The molecule has 0 spiro atoms. The summed E-state index contributed by atoms with van der Waals surface area (Å²) in [6.07, 6.45) is 7.33. The van der Waals surface area contributed by atoms with Crippen LogP contribution in [0.15, 0.2) is 12.2 Å². The second-order valence-electron chi connectivity index (χ2n) is 6.52. The van der Waals surface area contributed by atoms with Crippen molar-refractivity contribution in [1.29, 1.82) is 0 Å². The molecule has 0 heteroatoms. The van der Waals surface area contributed by atoms with E-state index in [9.17, 15) is 0 Å². The van der Waals surface area contributed by atoms with Crippen molar-refractivity contribution >= 4 is 0 Å². The van der Waals surface area contributed by atoms with E-state index in [1.807, 2.05) is 0 Å². The highest BCUT2D eigenvalue weighted by Crippen LogP contribution is 2.38. The minimum absolute atomic E-state index is 0.740. The van der Waals surface area contributed by atoms with Crippen molar-refractivity contribution in [1.82, 2.24) is 0 Å². The van der Waals surface area contributed by atoms with Gasteiger partial charge in [0.2, 0.25) is 0 Å². The molecule has 0 saturated heterocycles. The fourth-order valence-electron chi connectivity index (χ4n) is 3.16. The second kappa shape index (κ2) is 8.77. The van der Waals surface area contributed by atoms with Crippen LogP contribution < -0.4 is 0 Å². The Kier molecular flexibility index (Phi) is 8.65. The lowest BCUT2D eigenvalue weighted by molar-refractivity contribution is 0.144. The number of rotatable bonds is 8. The summed E-state index contributed by atoms with van der Waals surface area (Å²) in [4.78, 5) is 0. The molecule has 18 heavy (non-hydrogen) atoms. The number of allylic oxidation sites excluding steroid dienone is 2. The average molecular weight is 252 g/mol. The van der Waals surface area contributed by atoms with Gasteiger partial charge in [0, 0.05) is 0 Å². The molecule has 5 atom stereocenters. The van der Waals surface area contributed by atoms with E-state index >= 15 is 0 Å². The van der Waals surface area contributed by atoms with Crippen molar-refractivity contribution < 1.29 is 0 Å². The van der Waals surface area contributed by atoms with Gasteiger partial charge in [0.05, 0.1) is 0 Å². The van der Waals surface area contributed by atoms with Crippen LogP contribution in [0.3, 0.4) is 0 Å². The minimum Gasteiger partial charge on any atom is -0.0914 e. The monoisotopic (exact) mass is 252 g/mol. The number of hydrogen-bond donors (Lipinski definition) is 0. The third kappa shape index (κ3) is 4.78. The zero-order valence-corrected chi connectivity index (χ0v) is 14.0. The Hall–Kier alpha value is -0.260. The van der Waals surface area contributed by atoms with Gasteiger partial charge in [0.1, 0.15) is 0 Å². The summed E-state index contributed by atoms with van der Waals surface area (Å²) < 4.78 is 0. The molecule has 0 saturated carbocycles.